The minimum atomic E-state index is -1.06. The Labute approximate surface area is 144 Å². The third kappa shape index (κ3) is 5.01. The number of thiophene rings is 1. The van der Waals surface area contributed by atoms with Gasteiger partial charge in [-0.25, -0.2) is 13.8 Å². The van der Waals surface area contributed by atoms with Crippen LogP contribution in [0.1, 0.15) is 25.0 Å². The molecule has 0 radical (unpaired) electrons. The van der Waals surface area contributed by atoms with E-state index in [2.05, 4.69) is 15.6 Å². The molecule has 0 aliphatic carbocycles. The summed E-state index contributed by atoms with van der Waals surface area (Å²) >= 11 is 1.51. The Morgan fingerprint density at radius 2 is 2.08 bits per heavy atom. The first kappa shape index (κ1) is 18.4. The average molecular weight is 353 g/mol. The van der Waals surface area contributed by atoms with Crippen LogP contribution < -0.4 is 10.6 Å². The van der Waals surface area contributed by atoms with Crippen molar-refractivity contribution in [3.8, 4) is 0 Å². The summed E-state index contributed by atoms with van der Waals surface area (Å²) in [6, 6.07) is 5.15. The van der Waals surface area contributed by atoms with Gasteiger partial charge < -0.3 is 15.7 Å². The summed E-state index contributed by atoms with van der Waals surface area (Å²) in [4.78, 5) is 4.25. The molecule has 1 aromatic heterocycles. The zero-order valence-corrected chi connectivity index (χ0v) is 14.5. The number of hydrogen-bond acceptors (Lipinski definition) is 3. The Bertz CT molecular complexity index is 687. The predicted octanol–water partition coefficient (Wildman–Crippen LogP) is 2.99. The molecule has 0 amide bonds. The van der Waals surface area contributed by atoms with Crippen LogP contribution in [0.2, 0.25) is 0 Å². The Morgan fingerprint density at radius 3 is 2.75 bits per heavy atom. The van der Waals surface area contributed by atoms with E-state index in [-0.39, 0.29) is 18.7 Å². The van der Waals surface area contributed by atoms with E-state index in [1.165, 1.54) is 11.3 Å². The van der Waals surface area contributed by atoms with Crippen LogP contribution in [0, 0.1) is 11.6 Å². The van der Waals surface area contributed by atoms with Crippen LogP contribution >= 0.6 is 11.3 Å². The molecule has 4 nitrogen and oxygen atoms in total. The lowest BCUT2D eigenvalue weighted by Gasteiger charge is -2.24. The van der Waals surface area contributed by atoms with Gasteiger partial charge in [0, 0.05) is 12.1 Å². The Kier molecular flexibility index (Phi) is 6.28. The van der Waals surface area contributed by atoms with E-state index in [0.29, 0.717) is 12.5 Å². The molecule has 1 heterocycles. The van der Waals surface area contributed by atoms with Crippen molar-refractivity contribution in [1.82, 2.24) is 10.6 Å². The van der Waals surface area contributed by atoms with Crippen LogP contribution in [0.4, 0.5) is 8.78 Å². The standard InChI is InChI=1S/C17H21F2N3OS/c1-3-20-16(21-9-12-8-14(18)4-5-15(12)19)22-11-17(2,23)13-6-7-24-10-13/h4-8,10,23H,3,9,11H2,1-2H3,(H2,20,21,22). The quantitative estimate of drug-likeness (QED) is 0.553. The van der Waals surface area contributed by atoms with Gasteiger partial charge in [-0.15, -0.1) is 0 Å². The summed E-state index contributed by atoms with van der Waals surface area (Å²) in [6.07, 6.45) is 0. The highest BCUT2D eigenvalue weighted by Crippen LogP contribution is 2.22. The Balaban J connectivity index is 2.04. The van der Waals surface area contributed by atoms with Crippen LogP contribution in [0.5, 0.6) is 0 Å². The van der Waals surface area contributed by atoms with Gasteiger partial charge in [-0.1, -0.05) is 0 Å². The minimum Gasteiger partial charge on any atom is -0.384 e. The predicted molar refractivity (Wildman–Crippen MR) is 93.1 cm³/mol. The first-order chi connectivity index (χ1) is 11.4. The van der Waals surface area contributed by atoms with Gasteiger partial charge in [0.25, 0.3) is 0 Å². The number of hydrogen-bond donors (Lipinski definition) is 3. The zero-order valence-electron chi connectivity index (χ0n) is 13.6. The second-order valence-corrected chi connectivity index (χ2v) is 6.35. The first-order valence-electron chi connectivity index (χ1n) is 7.63. The molecule has 0 saturated heterocycles. The van der Waals surface area contributed by atoms with E-state index >= 15 is 0 Å². The summed E-state index contributed by atoms with van der Waals surface area (Å²) in [7, 11) is 0. The fourth-order valence-corrected chi connectivity index (χ4v) is 2.88. The van der Waals surface area contributed by atoms with Crippen LogP contribution in [-0.4, -0.2) is 24.2 Å². The summed E-state index contributed by atoms with van der Waals surface area (Å²) < 4.78 is 26.9. The lowest BCUT2D eigenvalue weighted by molar-refractivity contribution is 0.0621. The molecular weight excluding hydrogens is 332 g/mol. The third-order valence-electron chi connectivity index (χ3n) is 3.50. The molecular formula is C17H21F2N3OS. The number of nitrogens with one attached hydrogen (secondary N) is 2. The van der Waals surface area contributed by atoms with E-state index in [1.807, 2.05) is 23.8 Å². The molecule has 3 N–H and O–H groups in total. The van der Waals surface area contributed by atoms with Crippen LogP contribution in [0.25, 0.3) is 0 Å². The number of nitrogens with zero attached hydrogens (tertiary/aromatic N) is 1. The van der Waals surface area contributed by atoms with Gasteiger partial charge in [0.05, 0.1) is 13.1 Å². The summed E-state index contributed by atoms with van der Waals surface area (Å²) in [6.45, 7) is 4.45. The molecule has 24 heavy (non-hydrogen) atoms. The summed E-state index contributed by atoms with van der Waals surface area (Å²) in [5.74, 6) is -0.571. The Hall–Kier alpha value is -1.99. The lowest BCUT2D eigenvalue weighted by Crippen LogP contribution is -2.44. The van der Waals surface area contributed by atoms with Crippen molar-refractivity contribution in [2.45, 2.75) is 26.0 Å². The highest BCUT2D eigenvalue weighted by atomic mass is 32.1. The monoisotopic (exact) mass is 353 g/mol. The molecule has 0 bridgehead atoms. The number of aliphatic hydroxyl groups is 1. The van der Waals surface area contributed by atoms with Gasteiger partial charge in [-0.05, 0) is 54.4 Å². The van der Waals surface area contributed by atoms with E-state index in [9.17, 15) is 13.9 Å². The Morgan fingerprint density at radius 1 is 1.29 bits per heavy atom. The molecule has 0 aliphatic heterocycles. The summed E-state index contributed by atoms with van der Waals surface area (Å²) in [5.41, 5.74) is -0.0656. The van der Waals surface area contributed by atoms with E-state index in [0.717, 1.165) is 23.8 Å². The van der Waals surface area contributed by atoms with Crippen molar-refractivity contribution in [1.29, 1.82) is 0 Å². The first-order valence-corrected chi connectivity index (χ1v) is 8.58. The van der Waals surface area contributed by atoms with Crippen molar-refractivity contribution in [2.75, 3.05) is 13.1 Å². The van der Waals surface area contributed by atoms with E-state index < -0.39 is 17.2 Å². The lowest BCUT2D eigenvalue weighted by atomic mass is 9.99. The molecule has 0 aliphatic rings. The maximum absolute atomic E-state index is 13.7. The number of rotatable bonds is 6. The smallest absolute Gasteiger partial charge is 0.191 e. The fourth-order valence-electron chi connectivity index (χ4n) is 2.10. The normalized spacial score (nSPS) is 14.3. The van der Waals surface area contributed by atoms with Gasteiger partial charge in [-0.2, -0.15) is 11.3 Å². The van der Waals surface area contributed by atoms with Crippen molar-refractivity contribution in [3.63, 3.8) is 0 Å². The maximum atomic E-state index is 13.7. The number of halogens is 2. The van der Waals surface area contributed by atoms with Gasteiger partial charge in [-0.3, -0.25) is 0 Å². The molecule has 1 atom stereocenters. The molecule has 130 valence electrons. The molecule has 7 heteroatoms. The molecule has 0 spiro atoms. The number of aliphatic imine (C=N–C) groups is 1. The van der Waals surface area contributed by atoms with E-state index in [1.54, 1.807) is 6.92 Å². The average Bonchev–Trinajstić information content (AvgIpc) is 3.08. The van der Waals surface area contributed by atoms with Crippen molar-refractivity contribution in [2.24, 2.45) is 4.99 Å². The third-order valence-corrected chi connectivity index (χ3v) is 4.19. The SMILES string of the molecule is CCNC(=NCc1cc(F)ccc1F)NCC(C)(O)c1ccsc1. The second-order valence-electron chi connectivity index (χ2n) is 5.57. The highest BCUT2D eigenvalue weighted by Gasteiger charge is 2.23. The number of benzene rings is 1. The van der Waals surface area contributed by atoms with Crippen molar-refractivity contribution < 1.29 is 13.9 Å². The highest BCUT2D eigenvalue weighted by molar-refractivity contribution is 7.08. The molecule has 2 aromatic rings. The largest absolute Gasteiger partial charge is 0.384 e. The molecule has 1 aromatic carbocycles. The van der Waals surface area contributed by atoms with Gasteiger partial charge >= 0.3 is 0 Å². The maximum Gasteiger partial charge on any atom is 0.191 e. The number of guanidine groups is 1. The van der Waals surface area contributed by atoms with Gasteiger partial charge in [0.2, 0.25) is 0 Å². The van der Waals surface area contributed by atoms with Crippen LogP contribution in [0.15, 0.2) is 40.0 Å². The van der Waals surface area contributed by atoms with Crippen LogP contribution in [-0.2, 0) is 12.1 Å². The molecule has 2 rings (SSSR count). The van der Waals surface area contributed by atoms with Gasteiger partial charge in [0.15, 0.2) is 5.96 Å². The second kappa shape index (κ2) is 8.21. The minimum absolute atomic E-state index is 0.000476. The van der Waals surface area contributed by atoms with Crippen LogP contribution in [0.3, 0.4) is 0 Å². The van der Waals surface area contributed by atoms with E-state index in [4.69, 9.17) is 0 Å². The van der Waals surface area contributed by atoms with Crippen molar-refractivity contribution in [3.05, 3.63) is 57.8 Å². The molecule has 0 fully saturated rings. The van der Waals surface area contributed by atoms with Gasteiger partial charge in [0.1, 0.15) is 17.2 Å². The molecule has 1 unspecified atom stereocenters. The zero-order chi connectivity index (χ0) is 17.6. The summed E-state index contributed by atoms with van der Waals surface area (Å²) in [5, 5.41) is 20.3. The van der Waals surface area contributed by atoms with Crippen molar-refractivity contribution >= 4 is 17.3 Å². The fraction of sp³-hybridized carbons (Fsp3) is 0.353. The topological polar surface area (TPSA) is 56.7 Å². The molecule has 0 saturated carbocycles.